The SMILES string of the molecule is CN(CC(=O)Nc1ccccc1Cl)C(=O)CSCc1ccc(Cl)cc1. The average molecular weight is 397 g/mol. The molecule has 0 unspecified atom stereocenters. The van der Waals surface area contributed by atoms with Crippen LogP contribution in [0.15, 0.2) is 48.5 Å². The molecular formula is C18H18Cl2N2O2S. The van der Waals surface area contributed by atoms with E-state index in [4.69, 9.17) is 23.2 Å². The zero-order valence-electron chi connectivity index (χ0n) is 13.7. The van der Waals surface area contributed by atoms with Gasteiger partial charge in [0.25, 0.3) is 0 Å². The zero-order chi connectivity index (χ0) is 18.2. The summed E-state index contributed by atoms with van der Waals surface area (Å²) in [6.07, 6.45) is 0. The number of para-hydroxylation sites is 1. The first-order chi connectivity index (χ1) is 12.0. The van der Waals surface area contributed by atoms with Gasteiger partial charge in [-0.25, -0.2) is 0 Å². The van der Waals surface area contributed by atoms with Gasteiger partial charge < -0.3 is 10.2 Å². The highest BCUT2D eigenvalue weighted by atomic mass is 35.5. The Labute approximate surface area is 161 Å². The lowest BCUT2D eigenvalue weighted by Gasteiger charge is -2.17. The third-order valence-corrected chi connectivity index (χ3v) is 4.93. The minimum atomic E-state index is -0.286. The number of nitrogens with one attached hydrogen (secondary N) is 1. The number of carbonyl (C=O) groups is 2. The number of anilines is 1. The van der Waals surface area contributed by atoms with Crippen molar-refractivity contribution in [3.63, 3.8) is 0 Å². The lowest BCUT2D eigenvalue weighted by Crippen LogP contribution is -2.36. The highest BCUT2D eigenvalue weighted by Crippen LogP contribution is 2.20. The quantitative estimate of drug-likeness (QED) is 0.757. The maximum atomic E-state index is 12.1. The van der Waals surface area contributed by atoms with Crippen molar-refractivity contribution < 1.29 is 9.59 Å². The molecule has 0 bridgehead atoms. The molecule has 2 rings (SSSR count). The fourth-order valence-electron chi connectivity index (χ4n) is 2.00. The summed E-state index contributed by atoms with van der Waals surface area (Å²) in [5.74, 6) is 0.626. The van der Waals surface area contributed by atoms with Gasteiger partial charge in [0.15, 0.2) is 0 Å². The van der Waals surface area contributed by atoms with E-state index in [-0.39, 0.29) is 18.4 Å². The predicted molar refractivity (Wildman–Crippen MR) is 105 cm³/mol. The number of nitrogens with zero attached hydrogens (tertiary/aromatic N) is 1. The number of amides is 2. The van der Waals surface area contributed by atoms with Crippen LogP contribution < -0.4 is 5.32 Å². The van der Waals surface area contributed by atoms with Crippen LogP contribution in [0.1, 0.15) is 5.56 Å². The summed E-state index contributed by atoms with van der Waals surface area (Å²) in [6.45, 7) is -0.0223. The normalized spacial score (nSPS) is 10.4. The lowest BCUT2D eigenvalue weighted by molar-refractivity contribution is -0.131. The van der Waals surface area contributed by atoms with E-state index in [0.29, 0.717) is 27.2 Å². The van der Waals surface area contributed by atoms with Crippen molar-refractivity contribution in [2.24, 2.45) is 0 Å². The van der Waals surface area contributed by atoms with Crippen molar-refractivity contribution in [2.45, 2.75) is 5.75 Å². The van der Waals surface area contributed by atoms with E-state index >= 15 is 0 Å². The molecule has 0 fully saturated rings. The number of likely N-dealkylation sites (N-methyl/N-ethyl adjacent to an activating group) is 1. The summed E-state index contributed by atoms with van der Waals surface area (Å²) in [5.41, 5.74) is 1.63. The summed E-state index contributed by atoms with van der Waals surface area (Å²) in [4.78, 5) is 25.5. The van der Waals surface area contributed by atoms with Crippen molar-refractivity contribution in [2.75, 3.05) is 24.7 Å². The second kappa shape index (κ2) is 9.70. The molecule has 4 nitrogen and oxygen atoms in total. The van der Waals surface area contributed by atoms with Gasteiger partial charge in [-0.15, -0.1) is 11.8 Å². The summed E-state index contributed by atoms with van der Waals surface area (Å²) < 4.78 is 0. The first kappa shape index (κ1) is 19.6. The first-order valence-electron chi connectivity index (χ1n) is 7.56. The van der Waals surface area contributed by atoms with Gasteiger partial charge >= 0.3 is 0 Å². The zero-order valence-corrected chi connectivity index (χ0v) is 16.0. The molecule has 0 saturated heterocycles. The first-order valence-corrected chi connectivity index (χ1v) is 9.47. The molecule has 0 aliphatic rings. The Kier molecular flexibility index (Phi) is 7.62. The summed E-state index contributed by atoms with van der Waals surface area (Å²) in [6, 6.07) is 14.5. The molecule has 132 valence electrons. The van der Waals surface area contributed by atoms with Crippen LogP contribution in [-0.2, 0) is 15.3 Å². The van der Waals surface area contributed by atoms with E-state index in [1.165, 1.54) is 16.7 Å². The molecule has 0 spiro atoms. The van der Waals surface area contributed by atoms with Crippen LogP contribution in [-0.4, -0.2) is 36.1 Å². The minimum absolute atomic E-state index is 0.0223. The van der Waals surface area contributed by atoms with Gasteiger partial charge in [-0.2, -0.15) is 0 Å². The molecule has 0 aliphatic heterocycles. The number of halogens is 2. The number of thioether (sulfide) groups is 1. The molecule has 0 heterocycles. The van der Waals surface area contributed by atoms with E-state index in [1.807, 2.05) is 24.3 Å². The van der Waals surface area contributed by atoms with Crippen LogP contribution in [0, 0.1) is 0 Å². The highest BCUT2D eigenvalue weighted by Gasteiger charge is 2.14. The smallest absolute Gasteiger partial charge is 0.244 e. The third-order valence-electron chi connectivity index (χ3n) is 3.36. The largest absolute Gasteiger partial charge is 0.336 e. The Morgan fingerprint density at radius 1 is 1.08 bits per heavy atom. The molecule has 0 aromatic heterocycles. The van der Waals surface area contributed by atoms with Gasteiger partial charge in [0.05, 0.1) is 23.0 Å². The van der Waals surface area contributed by atoms with Crippen LogP contribution in [0.2, 0.25) is 10.0 Å². The molecule has 0 atom stereocenters. The van der Waals surface area contributed by atoms with Gasteiger partial charge in [-0.1, -0.05) is 47.5 Å². The van der Waals surface area contributed by atoms with Gasteiger partial charge in [-0.3, -0.25) is 9.59 Å². The summed E-state index contributed by atoms with van der Waals surface area (Å²) in [7, 11) is 1.61. The fraction of sp³-hybridized carbons (Fsp3) is 0.222. The van der Waals surface area contributed by atoms with Crippen LogP contribution in [0.5, 0.6) is 0 Å². The topological polar surface area (TPSA) is 49.4 Å². The third kappa shape index (κ3) is 6.61. The van der Waals surface area contributed by atoms with Crippen LogP contribution in [0.4, 0.5) is 5.69 Å². The number of hydrogen-bond acceptors (Lipinski definition) is 3. The fourth-order valence-corrected chi connectivity index (χ4v) is 3.24. The molecule has 2 aromatic rings. The van der Waals surface area contributed by atoms with Crippen molar-refractivity contribution in [3.05, 3.63) is 64.1 Å². The van der Waals surface area contributed by atoms with Gasteiger partial charge in [0, 0.05) is 17.8 Å². The number of rotatable bonds is 7. The van der Waals surface area contributed by atoms with E-state index < -0.39 is 0 Å². The molecule has 7 heteroatoms. The summed E-state index contributed by atoms with van der Waals surface area (Å²) >= 11 is 13.3. The Balaban J connectivity index is 1.74. The van der Waals surface area contributed by atoms with Crippen LogP contribution >= 0.6 is 35.0 Å². The van der Waals surface area contributed by atoms with E-state index in [1.54, 1.807) is 31.3 Å². The Morgan fingerprint density at radius 3 is 2.44 bits per heavy atom. The molecule has 25 heavy (non-hydrogen) atoms. The van der Waals surface area contributed by atoms with Crippen molar-refractivity contribution in [1.82, 2.24) is 4.90 Å². The molecule has 2 aromatic carbocycles. The average Bonchev–Trinajstić information content (AvgIpc) is 2.58. The van der Waals surface area contributed by atoms with Crippen molar-refractivity contribution in [1.29, 1.82) is 0 Å². The Hall–Kier alpha value is -1.69. The standard InChI is InChI=1S/C18H18Cl2N2O2S/c1-22(10-17(23)21-16-5-3-2-4-15(16)20)18(24)12-25-11-13-6-8-14(19)9-7-13/h2-9H,10-12H2,1H3,(H,21,23). The van der Waals surface area contributed by atoms with Gasteiger partial charge in [0.1, 0.15) is 0 Å². The molecule has 0 radical (unpaired) electrons. The minimum Gasteiger partial charge on any atom is -0.336 e. The van der Waals surface area contributed by atoms with Crippen LogP contribution in [0.25, 0.3) is 0 Å². The van der Waals surface area contributed by atoms with E-state index in [9.17, 15) is 9.59 Å². The van der Waals surface area contributed by atoms with Gasteiger partial charge in [0.2, 0.25) is 11.8 Å². The van der Waals surface area contributed by atoms with E-state index in [0.717, 1.165) is 5.56 Å². The molecular weight excluding hydrogens is 379 g/mol. The molecule has 1 N–H and O–H groups in total. The summed E-state index contributed by atoms with van der Waals surface area (Å²) in [5, 5.41) is 3.85. The van der Waals surface area contributed by atoms with Gasteiger partial charge in [-0.05, 0) is 29.8 Å². The molecule has 2 amide bonds. The van der Waals surface area contributed by atoms with Crippen LogP contribution in [0.3, 0.4) is 0 Å². The van der Waals surface area contributed by atoms with E-state index in [2.05, 4.69) is 5.32 Å². The number of carbonyl (C=O) groups excluding carboxylic acids is 2. The molecule has 0 aliphatic carbocycles. The Bertz CT molecular complexity index is 738. The predicted octanol–water partition coefficient (Wildman–Crippen LogP) is 4.32. The van der Waals surface area contributed by atoms with Crippen molar-refractivity contribution in [3.8, 4) is 0 Å². The highest BCUT2D eigenvalue weighted by molar-refractivity contribution is 7.99. The lowest BCUT2D eigenvalue weighted by atomic mass is 10.2. The second-order valence-electron chi connectivity index (χ2n) is 5.40. The maximum Gasteiger partial charge on any atom is 0.244 e. The molecule has 0 saturated carbocycles. The number of hydrogen-bond donors (Lipinski definition) is 1. The Morgan fingerprint density at radius 2 is 1.76 bits per heavy atom. The van der Waals surface area contributed by atoms with Crippen molar-refractivity contribution >= 4 is 52.5 Å². The maximum absolute atomic E-state index is 12.1. The second-order valence-corrected chi connectivity index (χ2v) is 7.23. The number of benzene rings is 2. The monoisotopic (exact) mass is 396 g/mol.